The van der Waals surface area contributed by atoms with E-state index < -0.39 is 0 Å². The number of hydrogen-bond acceptors (Lipinski definition) is 4. The quantitative estimate of drug-likeness (QED) is 0.681. The third-order valence-electron chi connectivity index (χ3n) is 6.26. The molecule has 2 N–H and O–H groups in total. The minimum absolute atomic E-state index is 0.0806. The molecule has 1 amide bonds. The highest BCUT2D eigenvalue weighted by atomic mass is 16.3. The Hall–Kier alpha value is -3.08. The molecule has 3 aromatic rings. The monoisotopic (exact) mass is 387 g/mol. The van der Waals surface area contributed by atoms with Crippen LogP contribution in [-0.4, -0.2) is 19.0 Å². The number of amides is 1. The van der Waals surface area contributed by atoms with Gasteiger partial charge in [-0.3, -0.25) is 10.2 Å². The van der Waals surface area contributed by atoms with Crippen LogP contribution in [0, 0.1) is 19.3 Å². The summed E-state index contributed by atoms with van der Waals surface area (Å²) in [6, 6.07) is 9.80. The van der Waals surface area contributed by atoms with Crippen molar-refractivity contribution >= 4 is 28.3 Å². The van der Waals surface area contributed by atoms with Gasteiger partial charge in [-0.2, -0.15) is 0 Å². The molecule has 5 nitrogen and oxygen atoms in total. The summed E-state index contributed by atoms with van der Waals surface area (Å²) in [5, 5.41) is 12.2. The van der Waals surface area contributed by atoms with Crippen molar-refractivity contribution in [1.29, 1.82) is 5.41 Å². The highest BCUT2D eigenvalue weighted by Crippen LogP contribution is 2.39. The van der Waals surface area contributed by atoms with Crippen LogP contribution in [-0.2, 0) is 12.8 Å². The van der Waals surface area contributed by atoms with E-state index in [9.17, 15) is 4.79 Å². The van der Waals surface area contributed by atoms with E-state index in [1.165, 1.54) is 22.4 Å². The Labute approximate surface area is 169 Å². The first-order valence-electron chi connectivity index (χ1n) is 10.3. The fourth-order valence-electron chi connectivity index (χ4n) is 4.65. The van der Waals surface area contributed by atoms with Gasteiger partial charge in [-0.15, -0.1) is 0 Å². The van der Waals surface area contributed by atoms with E-state index in [0.717, 1.165) is 61.0 Å². The van der Waals surface area contributed by atoms with Gasteiger partial charge in [0.15, 0.2) is 0 Å². The zero-order valence-corrected chi connectivity index (χ0v) is 16.9. The second kappa shape index (κ2) is 6.76. The number of nitrogens with zero attached hydrogens (tertiary/aromatic N) is 1. The minimum atomic E-state index is -0.308. The maximum absolute atomic E-state index is 12.9. The molecule has 0 spiro atoms. The van der Waals surface area contributed by atoms with E-state index in [1.807, 2.05) is 38.1 Å². The lowest BCUT2D eigenvalue weighted by atomic mass is 9.90. The number of nitrogens with one attached hydrogen (secondary N) is 2. The number of anilines is 2. The summed E-state index contributed by atoms with van der Waals surface area (Å²) in [4.78, 5) is 15.3. The van der Waals surface area contributed by atoms with Crippen molar-refractivity contribution in [3.8, 4) is 0 Å². The van der Waals surface area contributed by atoms with Gasteiger partial charge >= 0.3 is 0 Å². The molecule has 2 aromatic carbocycles. The number of hydrogen-bond donors (Lipinski definition) is 2. The van der Waals surface area contributed by atoms with Crippen molar-refractivity contribution in [2.24, 2.45) is 0 Å². The maximum atomic E-state index is 12.9. The number of carbonyl (C=O) groups is 1. The fourth-order valence-corrected chi connectivity index (χ4v) is 4.65. The number of rotatable bonds is 2. The second-order valence-corrected chi connectivity index (χ2v) is 8.22. The smallest absolute Gasteiger partial charge is 0.261 e. The molecular formula is C24H25N3O2. The van der Waals surface area contributed by atoms with Gasteiger partial charge in [-0.05, 0) is 80.5 Å². The Morgan fingerprint density at radius 2 is 1.86 bits per heavy atom. The average Bonchev–Trinajstić information content (AvgIpc) is 2.71. The predicted molar refractivity (Wildman–Crippen MR) is 115 cm³/mol. The largest absolute Gasteiger partial charge is 0.438 e. The first-order chi connectivity index (χ1) is 14.0. The molecule has 29 heavy (non-hydrogen) atoms. The van der Waals surface area contributed by atoms with Crippen molar-refractivity contribution in [1.82, 2.24) is 0 Å². The molecule has 0 fully saturated rings. The van der Waals surface area contributed by atoms with Crippen molar-refractivity contribution in [2.75, 3.05) is 23.3 Å². The fraction of sp³-hybridized carbons (Fsp3) is 0.333. The molecule has 5 rings (SSSR count). The van der Waals surface area contributed by atoms with Crippen LogP contribution in [0.5, 0.6) is 0 Å². The van der Waals surface area contributed by atoms with E-state index >= 15 is 0 Å². The topological polar surface area (TPSA) is 69.3 Å². The first kappa shape index (κ1) is 18.0. The van der Waals surface area contributed by atoms with Crippen LogP contribution < -0.4 is 15.8 Å². The normalized spacial score (nSPS) is 15.3. The molecule has 3 heterocycles. The van der Waals surface area contributed by atoms with Gasteiger partial charge in [-0.1, -0.05) is 6.07 Å². The van der Waals surface area contributed by atoms with Crippen molar-refractivity contribution in [2.45, 2.75) is 39.5 Å². The van der Waals surface area contributed by atoms with E-state index in [1.54, 1.807) is 0 Å². The van der Waals surface area contributed by atoms with Crippen molar-refractivity contribution in [3.05, 3.63) is 63.7 Å². The van der Waals surface area contributed by atoms with Gasteiger partial charge in [0.05, 0.1) is 0 Å². The van der Waals surface area contributed by atoms with E-state index in [0.29, 0.717) is 0 Å². The molecule has 0 saturated carbocycles. The molecule has 0 atom stereocenters. The Kier molecular flexibility index (Phi) is 4.19. The van der Waals surface area contributed by atoms with Gasteiger partial charge in [0, 0.05) is 35.4 Å². The summed E-state index contributed by atoms with van der Waals surface area (Å²) in [6.45, 7) is 6.24. The van der Waals surface area contributed by atoms with Crippen LogP contribution in [0.2, 0.25) is 0 Å². The molecule has 5 heteroatoms. The van der Waals surface area contributed by atoms with Gasteiger partial charge in [0.2, 0.25) is 5.55 Å². The third-order valence-corrected chi connectivity index (χ3v) is 6.26. The SMILES string of the molecule is Cc1ccc(NC(=O)c2cc3cc4c5c(c3oc2=N)CCCN5CCC4)cc1C. The van der Waals surface area contributed by atoms with Crippen molar-refractivity contribution in [3.63, 3.8) is 0 Å². The summed E-state index contributed by atoms with van der Waals surface area (Å²) in [5.74, 6) is -0.308. The summed E-state index contributed by atoms with van der Waals surface area (Å²) >= 11 is 0. The van der Waals surface area contributed by atoms with E-state index in [-0.39, 0.29) is 17.0 Å². The highest BCUT2D eigenvalue weighted by Gasteiger charge is 2.27. The molecular weight excluding hydrogens is 362 g/mol. The number of carbonyl (C=O) groups excluding carboxylic acids is 1. The predicted octanol–water partition coefficient (Wildman–Crippen LogP) is 4.48. The molecule has 2 aliphatic heterocycles. The summed E-state index contributed by atoms with van der Waals surface area (Å²) in [7, 11) is 0. The molecule has 1 aromatic heterocycles. The van der Waals surface area contributed by atoms with Crippen molar-refractivity contribution < 1.29 is 9.21 Å². The van der Waals surface area contributed by atoms with Crippen LogP contribution >= 0.6 is 0 Å². The highest BCUT2D eigenvalue weighted by molar-refractivity contribution is 6.05. The van der Waals surface area contributed by atoms with Gasteiger partial charge in [0.25, 0.3) is 5.91 Å². The second-order valence-electron chi connectivity index (χ2n) is 8.22. The average molecular weight is 387 g/mol. The zero-order chi connectivity index (χ0) is 20.1. The van der Waals surface area contributed by atoms with Gasteiger partial charge in [0.1, 0.15) is 11.1 Å². The standard InChI is InChI=1S/C24H25N3O2/c1-14-7-8-18(11-15(14)2)26-24(28)20-13-17-12-16-5-3-9-27-10-4-6-19(21(16)27)22(17)29-23(20)25/h7-8,11-13,25H,3-6,9-10H2,1-2H3,(H,26,28). The van der Waals surface area contributed by atoms with Crippen LogP contribution in [0.3, 0.4) is 0 Å². The number of aryl methyl sites for hydroxylation is 4. The van der Waals surface area contributed by atoms with E-state index in [2.05, 4.69) is 16.3 Å². The maximum Gasteiger partial charge on any atom is 0.261 e. The van der Waals surface area contributed by atoms with Crippen LogP contribution in [0.4, 0.5) is 11.4 Å². The first-order valence-corrected chi connectivity index (χ1v) is 10.3. The third kappa shape index (κ3) is 3.01. The lowest BCUT2D eigenvalue weighted by molar-refractivity contribution is 0.102. The van der Waals surface area contributed by atoms with Crippen LogP contribution in [0.15, 0.2) is 34.7 Å². The van der Waals surface area contributed by atoms with Gasteiger partial charge < -0.3 is 14.6 Å². The lowest BCUT2D eigenvalue weighted by Gasteiger charge is -2.37. The minimum Gasteiger partial charge on any atom is -0.438 e. The lowest BCUT2D eigenvalue weighted by Crippen LogP contribution is -2.34. The van der Waals surface area contributed by atoms with E-state index in [4.69, 9.17) is 9.83 Å². The van der Waals surface area contributed by atoms with Gasteiger partial charge in [-0.25, -0.2) is 0 Å². The Bertz CT molecular complexity index is 1210. The number of benzene rings is 2. The molecule has 148 valence electrons. The summed E-state index contributed by atoms with van der Waals surface area (Å²) in [5.41, 5.74) is 7.84. The Balaban J connectivity index is 1.58. The Morgan fingerprint density at radius 3 is 2.66 bits per heavy atom. The molecule has 0 aliphatic carbocycles. The van der Waals surface area contributed by atoms with Crippen LogP contribution in [0.25, 0.3) is 11.0 Å². The molecule has 0 bridgehead atoms. The Morgan fingerprint density at radius 1 is 1.07 bits per heavy atom. The molecule has 2 aliphatic rings. The zero-order valence-electron chi connectivity index (χ0n) is 16.9. The number of fused-ring (bicyclic) bond motifs is 2. The molecule has 0 unspecified atom stereocenters. The van der Waals surface area contributed by atoms with Crippen LogP contribution in [0.1, 0.15) is 45.5 Å². The summed E-state index contributed by atoms with van der Waals surface area (Å²) in [6.07, 6.45) is 4.28. The molecule has 0 saturated heterocycles. The molecule has 0 radical (unpaired) electrons. The summed E-state index contributed by atoms with van der Waals surface area (Å²) < 4.78 is 5.94.